The molecule has 0 bridgehead atoms. The molecule has 0 aromatic heterocycles. The summed E-state index contributed by atoms with van der Waals surface area (Å²) in [5.41, 5.74) is 1.36. The number of rotatable bonds is 4. The standard InChI is InChI=1S/C23H15ClO5/c1-27-19-9-5-3-7-17(19)23(26)28-15-10-11-16-20(13-15)29-21(22(16)25)12-14-6-2-4-8-18(14)24/h2-13H,1H3/b21-12-. The van der Waals surface area contributed by atoms with Crippen molar-refractivity contribution in [3.63, 3.8) is 0 Å². The third-order valence-electron chi connectivity index (χ3n) is 4.37. The Morgan fingerprint density at radius 1 is 1.03 bits per heavy atom. The smallest absolute Gasteiger partial charge is 0.347 e. The Hall–Kier alpha value is -3.57. The van der Waals surface area contributed by atoms with E-state index in [1.165, 1.54) is 13.2 Å². The lowest BCUT2D eigenvalue weighted by Gasteiger charge is -2.08. The van der Waals surface area contributed by atoms with Gasteiger partial charge < -0.3 is 14.2 Å². The van der Waals surface area contributed by atoms with Crippen LogP contribution < -0.4 is 14.2 Å². The summed E-state index contributed by atoms with van der Waals surface area (Å²) in [5, 5.41) is 0.513. The molecule has 4 rings (SSSR count). The number of carbonyl (C=O) groups is 2. The molecule has 0 radical (unpaired) electrons. The van der Waals surface area contributed by atoms with E-state index in [-0.39, 0.29) is 17.3 Å². The number of allylic oxidation sites excluding steroid dienone is 1. The number of ether oxygens (including phenoxy) is 3. The first kappa shape index (κ1) is 18.8. The maximum absolute atomic E-state index is 12.6. The van der Waals surface area contributed by atoms with Crippen molar-refractivity contribution in [1.29, 1.82) is 0 Å². The third-order valence-corrected chi connectivity index (χ3v) is 4.71. The Bertz CT molecular complexity index is 1150. The molecule has 0 atom stereocenters. The number of fused-ring (bicyclic) bond motifs is 1. The van der Waals surface area contributed by atoms with Crippen LogP contribution in [-0.4, -0.2) is 18.9 Å². The molecule has 5 nitrogen and oxygen atoms in total. The molecule has 3 aromatic carbocycles. The van der Waals surface area contributed by atoms with Gasteiger partial charge in [-0.3, -0.25) is 4.79 Å². The normalized spacial score (nSPS) is 13.7. The molecule has 0 fully saturated rings. The molecule has 1 heterocycles. The van der Waals surface area contributed by atoms with Gasteiger partial charge in [-0.15, -0.1) is 0 Å². The zero-order chi connectivity index (χ0) is 20.4. The first-order valence-corrected chi connectivity index (χ1v) is 9.12. The Morgan fingerprint density at radius 3 is 2.59 bits per heavy atom. The van der Waals surface area contributed by atoms with Gasteiger partial charge in [0.2, 0.25) is 5.78 Å². The summed E-state index contributed by atoms with van der Waals surface area (Å²) in [5.74, 6) is 0.308. The summed E-state index contributed by atoms with van der Waals surface area (Å²) in [4.78, 5) is 25.1. The molecule has 0 aliphatic carbocycles. The van der Waals surface area contributed by atoms with Crippen LogP contribution in [0.25, 0.3) is 6.08 Å². The molecule has 0 amide bonds. The quantitative estimate of drug-likeness (QED) is 0.339. The fourth-order valence-corrected chi connectivity index (χ4v) is 3.13. The van der Waals surface area contributed by atoms with Gasteiger partial charge in [0.1, 0.15) is 22.8 Å². The van der Waals surface area contributed by atoms with Crippen LogP contribution in [0.5, 0.6) is 17.2 Å². The number of benzene rings is 3. The average molecular weight is 407 g/mol. The van der Waals surface area contributed by atoms with Crippen LogP contribution in [-0.2, 0) is 0 Å². The number of methoxy groups -OCH3 is 1. The molecule has 0 saturated carbocycles. The largest absolute Gasteiger partial charge is 0.496 e. The minimum Gasteiger partial charge on any atom is -0.496 e. The average Bonchev–Trinajstić information content (AvgIpc) is 3.04. The lowest BCUT2D eigenvalue weighted by molar-refractivity contribution is 0.0731. The highest BCUT2D eigenvalue weighted by atomic mass is 35.5. The minimum atomic E-state index is -0.571. The van der Waals surface area contributed by atoms with Gasteiger partial charge in [0.15, 0.2) is 5.76 Å². The van der Waals surface area contributed by atoms with E-state index >= 15 is 0 Å². The van der Waals surface area contributed by atoms with E-state index in [1.807, 2.05) is 6.07 Å². The van der Waals surface area contributed by atoms with Crippen molar-refractivity contribution in [3.8, 4) is 17.2 Å². The van der Waals surface area contributed by atoms with Crippen molar-refractivity contribution in [1.82, 2.24) is 0 Å². The van der Waals surface area contributed by atoms with E-state index in [4.69, 9.17) is 25.8 Å². The fourth-order valence-electron chi connectivity index (χ4n) is 2.94. The highest BCUT2D eigenvalue weighted by molar-refractivity contribution is 6.32. The molecule has 6 heteroatoms. The van der Waals surface area contributed by atoms with Crippen LogP contribution in [0.1, 0.15) is 26.3 Å². The van der Waals surface area contributed by atoms with Gasteiger partial charge >= 0.3 is 5.97 Å². The van der Waals surface area contributed by atoms with Crippen molar-refractivity contribution in [2.24, 2.45) is 0 Å². The molecule has 0 unspecified atom stereocenters. The Balaban J connectivity index is 1.58. The highest BCUT2D eigenvalue weighted by Gasteiger charge is 2.28. The maximum Gasteiger partial charge on any atom is 0.347 e. The molecular formula is C23H15ClO5. The molecule has 1 aliphatic heterocycles. The summed E-state index contributed by atoms with van der Waals surface area (Å²) < 4.78 is 16.3. The maximum atomic E-state index is 12.6. The molecule has 144 valence electrons. The first-order valence-electron chi connectivity index (χ1n) is 8.75. The molecule has 0 N–H and O–H groups in total. The van der Waals surface area contributed by atoms with E-state index in [1.54, 1.807) is 60.7 Å². The van der Waals surface area contributed by atoms with Crippen LogP contribution in [0.3, 0.4) is 0 Å². The van der Waals surface area contributed by atoms with Crippen molar-refractivity contribution in [2.45, 2.75) is 0 Å². The fraction of sp³-hybridized carbons (Fsp3) is 0.0435. The van der Waals surface area contributed by atoms with Crippen LogP contribution in [0.15, 0.2) is 72.5 Å². The number of Topliss-reactive ketones (excluding diaryl/α,β-unsaturated/α-hetero) is 1. The van der Waals surface area contributed by atoms with E-state index in [9.17, 15) is 9.59 Å². The van der Waals surface area contributed by atoms with Crippen molar-refractivity contribution < 1.29 is 23.8 Å². The van der Waals surface area contributed by atoms with Crippen molar-refractivity contribution >= 4 is 29.4 Å². The van der Waals surface area contributed by atoms with Gasteiger partial charge in [0.05, 0.1) is 12.7 Å². The van der Waals surface area contributed by atoms with Gasteiger partial charge in [-0.2, -0.15) is 0 Å². The van der Waals surface area contributed by atoms with Crippen molar-refractivity contribution in [3.05, 3.63) is 94.2 Å². The van der Waals surface area contributed by atoms with E-state index in [2.05, 4.69) is 0 Å². The topological polar surface area (TPSA) is 61.8 Å². The van der Waals surface area contributed by atoms with Gasteiger partial charge in [-0.1, -0.05) is 41.9 Å². The zero-order valence-corrected chi connectivity index (χ0v) is 16.1. The second kappa shape index (κ2) is 7.81. The summed E-state index contributed by atoms with van der Waals surface area (Å²) in [6.45, 7) is 0. The number of para-hydroxylation sites is 1. The molecule has 0 saturated heterocycles. The number of carbonyl (C=O) groups excluding carboxylic acids is 2. The van der Waals surface area contributed by atoms with Crippen LogP contribution in [0, 0.1) is 0 Å². The SMILES string of the molecule is COc1ccccc1C(=O)Oc1ccc2c(c1)O/C(=C\c1ccccc1Cl)C2=O. The number of hydrogen-bond acceptors (Lipinski definition) is 5. The minimum absolute atomic E-state index is 0.154. The van der Waals surface area contributed by atoms with Gasteiger partial charge in [0, 0.05) is 11.1 Å². The third kappa shape index (κ3) is 3.73. The van der Waals surface area contributed by atoms with Crippen LogP contribution in [0.2, 0.25) is 5.02 Å². The molecule has 29 heavy (non-hydrogen) atoms. The summed E-state index contributed by atoms with van der Waals surface area (Å²) in [7, 11) is 1.48. The molecular weight excluding hydrogens is 392 g/mol. The molecule has 3 aromatic rings. The first-order chi connectivity index (χ1) is 14.1. The Labute approximate surface area is 172 Å². The van der Waals surface area contributed by atoms with E-state index < -0.39 is 5.97 Å². The summed E-state index contributed by atoms with van der Waals surface area (Å²) in [6.07, 6.45) is 1.59. The Kier molecular flexibility index (Phi) is 5.06. The predicted octanol–water partition coefficient (Wildman–Crippen LogP) is 5.18. The monoisotopic (exact) mass is 406 g/mol. The second-order valence-corrected chi connectivity index (χ2v) is 6.62. The number of halogens is 1. The lowest BCUT2D eigenvalue weighted by atomic mass is 10.1. The van der Waals surface area contributed by atoms with Gasteiger partial charge in [-0.05, 0) is 42.0 Å². The van der Waals surface area contributed by atoms with E-state index in [0.717, 1.165) is 0 Å². The van der Waals surface area contributed by atoms with E-state index in [0.29, 0.717) is 33.2 Å². The van der Waals surface area contributed by atoms with Gasteiger partial charge in [0.25, 0.3) is 0 Å². The number of hydrogen-bond donors (Lipinski definition) is 0. The predicted molar refractivity (Wildman–Crippen MR) is 109 cm³/mol. The second-order valence-electron chi connectivity index (χ2n) is 6.21. The summed E-state index contributed by atoms with van der Waals surface area (Å²) >= 11 is 6.15. The summed E-state index contributed by atoms with van der Waals surface area (Å²) in [6, 6.07) is 18.5. The lowest BCUT2D eigenvalue weighted by Crippen LogP contribution is -2.10. The highest BCUT2D eigenvalue weighted by Crippen LogP contribution is 2.35. The number of esters is 1. The van der Waals surface area contributed by atoms with Gasteiger partial charge in [-0.25, -0.2) is 4.79 Å². The molecule has 1 aliphatic rings. The van der Waals surface area contributed by atoms with Crippen molar-refractivity contribution in [2.75, 3.05) is 7.11 Å². The zero-order valence-electron chi connectivity index (χ0n) is 15.3. The number of ketones is 1. The Morgan fingerprint density at radius 2 is 1.79 bits per heavy atom. The molecule has 0 spiro atoms. The van der Waals surface area contributed by atoms with Crippen LogP contribution >= 0.6 is 11.6 Å². The van der Waals surface area contributed by atoms with Crippen LogP contribution in [0.4, 0.5) is 0 Å².